The third-order valence-corrected chi connectivity index (χ3v) is 6.96. The molecule has 0 atom stereocenters. The van der Waals surface area contributed by atoms with Crippen LogP contribution >= 0.6 is 0 Å². The number of amides is 1. The molecule has 0 aromatic carbocycles. The molecular formula is C19H32N2O. The zero-order valence-corrected chi connectivity index (χ0v) is 14.0. The van der Waals surface area contributed by atoms with Crippen LogP contribution in [0.2, 0.25) is 0 Å². The Bertz CT molecular complexity index is 378. The molecule has 1 heterocycles. The van der Waals surface area contributed by atoms with E-state index in [0.29, 0.717) is 12.0 Å². The lowest BCUT2D eigenvalue weighted by atomic mass is 9.49. The van der Waals surface area contributed by atoms with Crippen molar-refractivity contribution in [3.63, 3.8) is 0 Å². The van der Waals surface area contributed by atoms with Gasteiger partial charge in [0.2, 0.25) is 5.91 Å². The molecule has 0 radical (unpaired) electrons. The van der Waals surface area contributed by atoms with Gasteiger partial charge in [0, 0.05) is 6.54 Å². The van der Waals surface area contributed by atoms with E-state index in [1.807, 2.05) is 0 Å². The van der Waals surface area contributed by atoms with Crippen molar-refractivity contribution >= 4 is 5.91 Å². The van der Waals surface area contributed by atoms with Crippen LogP contribution in [0.15, 0.2) is 0 Å². The molecule has 4 saturated carbocycles. The quantitative estimate of drug-likeness (QED) is 0.846. The zero-order chi connectivity index (χ0) is 15.0. The summed E-state index contributed by atoms with van der Waals surface area (Å²) in [7, 11) is 0. The second-order valence-electron chi connectivity index (χ2n) is 8.85. The molecule has 5 aliphatic rings. The summed E-state index contributed by atoms with van der Waals surface area (Å²) in [5.41, 5.74) is 0.604. The molecule has 0 unspecified atom stereocenters. The van der Waals surface area contributed by atoms with E-state index in [-0.39, 0.29) is 5.91 Å². The fraction of sp³-hybridized carbons (Fsp3) is 0.947. The Morgan fingerprint density at radius 1 is 0.955 bits per heavy atom. The highest BCUT2D eigenvalue weighted by Crippen LogP contribution is 2.61. The maximum atomic E-state index is 12.1. The number of hydrogen-bond acceptors (Lipinski definition) is 2. The van der Waals surface area contributed by atoms with Crippen LogP contribution in [0.5, 0.6) is 0 Å². The third-order valence-electron chi connectivity index (χ3n) is 6.96. The standard InChI is InChI=1S/C19H32N2O/c22-18(14-21-6-2-1-3-7-21)20-5-4-19-11-15-8-16(12-19)10-17(9-15)13-19/h15-17H,1-14H2,(H,20,22). The molecule has 4 bridgehead atoms. The van der Waals surface area contributed by atoms with Crippen LogP contribution in [0.1, 0.15) is 64.2 Å². The minimum absolute atomic E-state index is 0.256. The van der Waals surface area contributed by atoms with Gasteiger partial charge in [0.1, 0.15) is 0 Å². The van der Waals surface area contributed by atoms with Gasteiger partial charge in [-0.3, -0.25) is 9.69 Å². The van der Waals surface area contributed by atoms with Gasteiger partial charge in [0.05, 0.1) is 6.54 Å². The summed E-state index contributed by atoms with van der Waals surface area (Å²) >= 11 is 0. The summed E-state index contributed by atoms with van der Waals surface area (Å²) in [6.07, 6.45) is 14.0. The molecule has 3 heteroatoms. The average Bonchev–Trinajstić information content (AvgIpc) is 2.46. The average molecular weight is 304 g/mol. The number of hydrogen-bond donors (Lipinski definition) is 1. The van der Waals surface area contributed by atoms with Gasteiger partial charge < -0.3 is 5.32 Å². The van der Waals surface area contributed by atoms with Gasteiger partial charge in [-0.15, -0.1) is 0 Å². The Morgan fingerprint density at radius 3 is 2.14 bits per heavy atom. The first kappa shape index (κ1) is 15.0. The Kier molecular flexibility index (Phi) is 4.19. The minimum atomic E-state index is 0.256. The molecule has 0 aromatic heterocycles. The Labute approximate surface area is 135 Å². The zero-order valence-electron chi connectivity index (χ0n) is 14.0. The smallest absolute Gasteiger partial charge is 0.234 e. The lowest BCUT2D eigenvalue weighted by Gasteiger charge is -2.57. The molecular weight excluding hydrogens is 272 g/mol. The van der Waals surface area contributed by atoms with E-state index in [9.17, 15) is 4.79 Å². The van der Waals surface area contributed by atoms with Crippen LogP contribution < -0.4 is 5.32 Å². The number of rotatable bonds is 5. The maximum absolute atomic E-state index is 12.1. The SMILES string of the molecule is O=C(CN1CCCCC1)NCCC12CC3CC(CC(C3)C1)C2. The molecule has 1 N–H and O–H groups in total. The van der Waals surface area contributed by atoms with Crippen LogP contribution in [0, 0.1) is 23.2 Å². The largest absolute Gasteiger partial charge is 0.355 e. The van der Waals surface area contributed by atoms with E-state index in [0.717, 1.165) is 37.4 Å². The predicted octanol–water partition coefficient (Wildman–Crippen LogP) is 3.20. The lowest BCUT2D eigenvalue weighted by Crippen LogP contribution is -2.47. The number of likely N-dealkylation sites (tertiary alicyclic amines) is 1. The van der Waals surface area contributed by atoms with Crippen LogP contribution in [0.4, 0.5) is 0 Å². The van der Waals surface area contributed by atoms with Gasteiger partial charge in [-0.2, -0.15) is 0 Å². The molecule has 3 nitrogen and oxygen atoms in total. The molecule has 1 saturated heterocycles. The number of nitrogens with zero attached hydrogens (tertiary/aromatic N) is 1. The Hall–Kier alpha value is -0.570. The molecule has 124 valence electrons. The van der Waals surface area contributed by atoms with Crippen molar-refractivity contribution < 1.29 is 4.79 Å². The summed E-state index contributed by atoms with van der Waals surface area (Å²) < 4.78 is 0. The van der Waals surface area contributed by atoms with Crippen molar-refractivity contribution in [2.24, 2.45) is 23.2 Å². The van der Waals surface area contributed by atoms with Gasteiger partial charge >= 0.3 is 0 Å². The third kappa shape index (κ3) is 3.20. The monoisotopic (exact) mass is 304 g/mol. The van der Waals surface area contributed by atoms with E-state index < -0.39 is 0 Å². The summed E-state index contributed by atoms with van der Waals surface area (Å²) in [5, 5.41) is 3.22. The van der Waals surface area contributed by atoms with Gasteiger partial charge in [0.25, 0.3) is 0 Å². The highest BCUT2D eigenvalue weighted by Gasteiger charge is 2.50. The van der Waals surface area contributed by atoms with E-state index in [2.05, 4.69) is 10.2 Å². The lowest BCUT2D eigenvalue weighted by molar-refractivity contribution is -0.122. The first-order valence-corrected chi connectivity index (χ1v) is 9.70. The number of carbonyl (C=O) groups is 1. The van der Waals surface area contributed by atoms with Crippen molar-refractivity contribution in [3.8, 4) is 0 Å². The van der Waals surface area contributed by atoms with Gasteiger partial charge in [0.15, 0.2) is 0 Å². The second-order valence-corrected chi connectivity index (χ2v) is 8.85. The summed E-state index contributed by atoms with van der Waals surface area (Å²) in [5.74, 6) is 3.33. The number of nitrogens with one attached hydrogen (secondary N) is 1. The van der Waals surface area contributed by atoms with Gasteiger partial charge in [-0.05, 0) is 94.0 Å². The minimum Gasteiger partial charge on any atom is -0.355 e. The summed E-state index contributed by atoms with van der Waals surface area (Å²) in [6, 6.07) is 0. The van der Waals surface area contributed by atoms with Crippen LogP contribution in [0.3, 0.4) is 0 Å². The fourth-order valence-corrected chi connectivity index (χ4v) is 6.44. The fourth-order valence-electron chi connectivity index (χ4n) is 6.44. The first-order valence-electron chi connectivity index (χ1n) is 9.70. The Morgan fingerprint density at radius 2 is 1.55 bits per heavy atom. The number of piperidine rings is 1. The topological polar surface area (TPSA) is 32.3 Å². The second kappa shape index (κ2) is 6.14. The van der Waals surface area contributed by atoms with Gasteiger partial charge in [-0.25, -0.2) is 0 Å². The number of carbonyl (C=O) groups excluding carboxylic acids is 1. The first-order chi connectivity index (χ1) is 10.7. The summed E-state index contributed by atoms with van der Waals surface area (Å²) in [6.45, 7) is 3.77. The van der Waals surface area contributed by atoms with E-state index in [1.165, 1.54) is 64.2 Å². The van der Waals surface area contributed by atoms with E-state index in [1.54, 1.807) is 0 Å². The molecule has 1 aliphatic heterocycles. The van der Waals surface area contributed by atoms with Crippen molar-refractivity contribution in [3.05, 3.63) is 0 Å². The maximum Gasteiger partial charge on any atom is 0.234 e. The molecule has 5 rings (SSSR count). The molecule has 5 fully saturated rings. The molecule has 22 heavy (non-hydrogen) atoms. The van der Waals surface area contributed by atoms with Crippen molar-refractivity contribution in [2.75, 3.05) is 26.2 Å². The van der Waals surface area contributed by atoms with Crippen LogP contribution in [-0.2, 0) is 4.79 Å². The van der Waals surface area contributed by atoms with Crippen molar-refractivity contribution in [1.29, 1.82) is 0 Å². The highest BCUT2D eigenvalue weighted by molar-refractivity contribution is 5.77. The summed E-state index contributed by atoms with van der Waals surface area (Å²) in [4.78, 5) is 14.5. The molecule has 0 aromatic rings. The predicted molar refractivity (Wildman–Crippen MR) is 88.5 cm³/mol. The highest BCUT2D eigenvalue weighted by atomic mass is 16.2. The van der Waals surface area contributed by atoms with E-state index >= 15 is 0 Å². The van der Waals surface area contributed by atoms with Crippen LogP contribution in [-0.4, -0.2) is 37.0 Å². The van der Waals surface area contributed by atoms with E-state index in [4.69, 9.17) is 0 Å². The van der Waals surface area contributed by atoms with Crippen molar-refractivity contribution in [2.45, 2.75) is 64.2 Å². The van der Waals surface area contributed by atoms with Crippen molar-refractivity contribution in [1.82, 2.24) is 10.2 Å². The van der Waals surface area contributed by atoms with Gasteiger partial charge in [-0.1, -0.05) is 6.42 Å². The normalized spacial score (nSPS) is 40.8. The Balaban J connectivity index is 1.22. The molecule has 0 spiro atoms. The molecule has 1 amide bonds. The molecule has 4 aliphatic carbocycles. The van der Waals surface area contributed by atoms with Crippen LogP contribution in [0.25, 0.3) is 0 Å².